The van der Waals surface area contributed by atoms with Crippen LogP contribution in [0.15, 0.2) is 5.38 Å². The van der Waals surface area contributed by atoms with Crippen LogP contribution < -0.4 is 5.32 Å². The highest BCUT2D eigenvalue weighted by Crippen LogP contribution is 2.11. The van der Waals surface area contributed by atoms with Gasteiger partial charge in [0.2, 0.25) is 0 Å². The van der Waals surface area contributed by atoms with Gasteiger partial charge in [-0.2, -0.15) is 0 Å². The quantitative estimate of drug-likeness (QED) is 0.584. The Kier molecular flexibility index (Phi) is 6.03. The molecule has 0 fully saturated rings. The Morgan fingerprint density at radius 2 is 2.44 bits per heavy atom. The summed E-state index contributed by atoms with van der Waals surface area (Å²) in [7, 11) is 1.41. The zero-order valence-corrected chi connectivity index (χ0v) is 10.6. The summed E-state index contributed by atoms with van der Waals surface area (Å²) >= 11 is 1.63. The van der Waals surface area contributed by atoms with E-state index in [4.69, 9.17) is 0 Å². The van der Waals surface area contributed by atoms with Gasteiger partial charge >= 0.3 is 5.97 Å². The average molecular weight is 242 g/mol. The monoisotopic (exact) mass is 242 g/mol. The van der Waals surface area contributed by atoms with Crippen molar-refractivity contribution in [2.75, 3.05) is 13.7 Å². The molecule has 0 aliphatic carbocycles. The SMILES string of the molecule is CCCNCc1nc(CCC(=O)OC)cs1. The number of aryl methyl sites for hydroxylation is 1. The molecule has 0 amide bonds. The van der Waals surface area contributed by atoms with E-state index in [0.29, 0.717) is 12.8 Å². The molecule has 1 rings (SSSR count). The van der Waals surface area contributed by atoms with Gasteiger partial charge in [0.25, 0.3) is 0 Å². The second-order valence-electron chi connectivity index (χ2n) is 3.49. The van der Waals surface area contributed by atoms with Crippen LogP contribution in [0.2, 0.25) is 0 Å². The van der Waals surface area contributed by atoms with Crippen molar-refractivity contribution in [3.8, 4) is 0 Å². The number of thiazole rings is 1. The highest BCUT2D eigenvalue weighted by atomic mass is 32.1. The Morgan fingerprint density at radius 1 is 1.62 bits per heavy atom. The summed E-state index contributed by atoms with van der Waals surface area (Å²) in [6.45, 7) is 3.96. The van der Waals surface area contributed by atoms with Crippen molar-refractivity contribution in [2.24, 2.45) is 0 Å². The van der Waals surface area contributed by atoms with Crippen LogP contribution in [-0.4, -0.2) is 24.6 Å². The molecule has 0 radical (unpaired) electrons. The molecule has 1 heterocycles. The molecule has 0 saturated carbocycles. The van der Waals surface area contributed by atoms with Crippen LogP contribution in [-0.2, 0) is 22.5 Å². The fourth-order valence-electron chi connectivity index (χ4n) is 1.25. The smallest absolute Gasteiger partial charge is 0.305 e. The van der Waals surface area contributed by atoms with Crippen LogP contribution >= 0.6 is 11.3 Å². The number of carbonyl (C=O) groups excluding carboxylic acids is 1. The van der Waals surface area contributed by atoms with E-state index < -0.39 is 0 Å². The van der Waals surface area contributed by atoms with Gasteiger partial charge < -0.3 is 10.1 Å². The van der Waals surface area contributed by atoms with Gasteiger partial charge in [-0.25, -0.2) is 4.98 Å². The number of esters is 1. The molecule has 90 valence electrons. The summed E-state index contributed by atoms with van der Waals surface area (Å²) in [5, 5.41) is 6.38. The van der Waals surface area contributed by atoms with Crippen molar-refractivity contribution in [3.63, 3.8) is 0 Å². The van der Waals surface area contributed by atoms with E-state index >= 15 is 0 Å². The van der Waals surface area contributed by atoms with Gasteiger partial charge in [-0.3, -0.25) is 4.79 Å². The lowest BCUT2D eigenvalue weighted by atomic mass is 10.2. The maximum atomic E-state index is 10.9. The van der Waals surface area contributed by atoms with Crippen molar-refractivity contribution in [1.29, 1.82) is 0 Å². The van der Waals surface area contributed by atoms with Crippen molar-refractivity contribution in [1.82, 2.24) is 10.3 Å². The molecular formula is C11H18N2O2S. The van der Waals surface area contributed by atoms with Gasteiger partial charge in [0.05, 0.1) is 19.2 Å². The number of nitrogens with zero attached hydrogens (tertiary/aromatic N) is 1. The summed E-state index contributed by atoms with van der Waals surface area (Å²) < 4.78 is 4.58. The van der Waals surface area contributed by atoms with Crippen molar-refractivity contribution >= 4 is 17.3 Å². The molecular weight excluding hydrogens is 224 g/mol. The molecule has 0 aliphatic heterocycles. The number of nitrogens with one attached hydrogen (secondary N) is 1. The highest BCUT2D eigenvalue weighted by molar-refractivity contribution is 7.09. The number of ether oxygens (including phenoxy) is 1. The standard InChI is InChI=1S/C11H18N2O2S/c1-3-6-12-7-10-13-9(8-16-10)4-5-11(14)15-2/h8,12H,3-7H2,1-2H3. The number of aromatic nitrogens is 1. The van der Waals surface area contributed by atoms with E-state index in [9.17, 15) is 4.79 Å². The molecule has 1 aromatic heterocycles. The minimum absolute atomic E-state index is 0.182. The van der Waals surface area contributed by atoms with Crippen LogP contribution in [0.5, 0.6) is 0 Å². The first kappa shape index (κ1) is 13.1. The molecule has 1 N–H and O–H groups in total. The van der Waals surface area contributed by atoms with E-state index in [2.05, 4.69) is 22.0 Å². The van der Waals surface area contributed by atoms with Gasteiger partial charge in [0, 0.05) is 18.3 Å². The van der Waals surface area contributed by atoms with Crippen molar-refractivity contribution in [3.05, 3.63) is 16.1 Å². The fraction of sp³-hybridized carbons (Fsp3) is 0.636. The zero-order valence-electron chi connectivity index (χ0n) is 9.78. The normalized spacial score (nSPS) is 10.4. The van der Waals surface area contributed by atoms with Crippen LogP contribution in [0, 0.1) is 0 Å². The number of rotatable bonds is 7. The zero-order chi connectivity index (χ0) is 11.8. The molecule has 5 heteroatoms. The van der Waals surface area contributed by atoms with Gasteiger partial charge in [-0.1, -0.05) is 6.92 Å². The summed E-state index contributed by atoms with van der Waals surface area (Å²) in [6.07, 6.45) is 2.19. The van der Waals surface area contributed by atoms with E-state index in [0.717, 1.165) is 30.2 Å². The van der Waals surface area contributed by atoms with Gasteiger partial charge in [-0.15, -0.1) is 11.3 Å². The van der Waals surface area contributed by atoms with Crippen LogP contribution in [0.3, 0.4) is 0 Å². The summed E-state index contributed by atoms with van der Waals surface area (Å²) in [5.74, 6) is -0.182. The molecule has 0 atom stereocenters. The molecule has 1 aromatic rings. The molecule has 0 aromatic carbocycles. The van der Waals surface area contributed by atoms with Gasteiger partial charge in [-0.05, 0) is 13.0 Å². The second-order valence-corrected chi connectivity index (χ2v) is 4.43. The van der Waals surface area contributed by atoms with E-state index in [1.165, 1.54) is 7.11 Å². The van der Waals surface area contributed by atoms with E-state index in [1.54, 1.807) is 11.3 Å². The first-order valence-electron chi connectivity index (χ1n) is 5.47. The summed E-state index contributed by atoms with van der Waals surface area (Å²) in [5.41, 5.74) is 0.976. The predicted octanol–water partition coefficient (Wildman–Crippen LogP) is 1.75. The Bertz CT molecular complexity index is 326. The Labute approximate surface area is 100 Å². The Hall–Kier alpha value is -0.940. The predicted molar refractivity (Wildman–Crippen MR) is 64.4 cm³/mol. The molecule has 0 aliphatic rings. The lowest BCUT2D eigenvalue weighted by molar-refractivity contribution is -0.140. The molecule has 0 spiro atoms. The average Bonchev–Trinajstić information content (AvgIpc) is 2.74. The largest absolute Gasteiger partial charge is 0.469 e. The van der Waals surface area contributed by atoms with Gasteiger partial charge in [0.1, 0.15) is 5.01 Å². The van der Waals surface area contributed by atoms with Crippen LogP contribution in [0.25, 0.3) is 0 Å². The van der Waals surface area contributed by atoms with Crippen molar-refractivity contribution < 1.29 is 9.53 Å². The molecule has 0 unspecified atom stereocenters. The van der Waals surface area contributed by atoms with Gasteiger partial charge in [0.15, 0.2) is 0 Å². The third-order valence-corrected chi connectivity index (χ3v) is 3.01. The topological polar surface area (TPSA) is 51.2 Å². The van der Waals surface area contributed by atoms with Crippen LogP contribution in [0.4, 0.5) is 0 Å². The second kappa shape index (κ2) is 7.35. The highest BCUT2D eigenvalue weighted by Gasteiger charge is 2.05. The third-order valence-electron chi connectivity index (χ3n) is 2.12. The lowest BCUT2D eigenvalue weighted by Crippen LogP contribution is -2.13. The molecule has 0 bridgehead atoms. The van der Waals surface area contributed by atoms with E-state index in [-0.39, 0.29) is 5.97 Å². The first-order chi connectivity index (χ1) is 7.76. The number of hydrogen-bond donors (Lipinski definition) is 1. The number of methoxy groups -OCH3 is 1. The van der Waals surface area contributed by atoms with Crippen molar-refractivity contribution in [2.45, 2.75) is 32.7 Å². The minimum Gasteiger partial charge on any atom is -0.469 e. The Morgan fingerprint density at radius 3 is 3.12 bits per heavy atom. The summed E-state index contributed by atoms with van der Waals surface area (Å²) in [6, 6.07) is 0. The first-order valence-corrected chi connectivity index (χ1v) is 6.35. The maximum absolute atomic E-state index is 10.9. The maximum Gasteiger partial charge on any atom is 0.305 e. The molecule has 4 nitrogen and oxygen atoms in total. The fourth-order valence-corrected chi connectivity index (χ4v) is 2.05. The number of carbonyl (C=O) groups is 1. The molecule has 0 saturated heterocycles. The van der Waals surface area contributed by atoms with Crippen LogP contribution in [0.1, 0.15) is 30.5 Å². The molecule has 16 heavy (non-hydrogen) atoms. The number of hydrogen-bond acceptors (Lipinski definition) is 5. The minimum atomic E-state index is -0.182. The lowest BCUT2D eigenvalue weighted by Gasteiger charge is -1.98. The van der Waals surface area contributed by atoms with E-state index in [1.807, 2.05) is 5.38 Å². The Balaban J connectivity index is 2.30. The summed E-state index contributed by atoms with van der Waals surface area (Å²) in [4.78, 5) is 15.4. The third kappa shape index (κ3) is 4.72.